The van der Waals surface area contributed by atoms with Crippen molar-refractivity contribution in [3.63, 3.8) is 0 Å². The number of aromatic carboxylic acids is 1. The first-order valence-corrected chi connectivity index (χ1v) is 6.72. The highest BCUT2D eigenvalue weighted by Gasteiger charge is 2.32. The van der Waals surface area contributed by atoms with Crippen molar-refractivity contribution in [2.75, 3.05) is 38.7 Å². The quantitative estimate of drug-likeness (QED) is 0.915. The maximum Gasteiger partial charge on any atom is 0.337 e. The van der Waals surface area contributed by atoms with E-state index in [9.17, 15) is 9.90 Å². The molecule has 0 saturated carbocycles. The largest absolute Gasteiger partial charge is 0.497 e. The molecule has 0 radical (unpaired) electrons. The minimum absolute atomic E-state index is 0.0110. The van der Waals surface area contributed by atoms with Crippen molar-refractivity contribution in [1.82, 2.24) is 4.90 Å². The van der Waals surface area contributed by atoms with Gasteiger partial charge in [0.1, 0.15) is 5.75 Å². The summed E-state index contributed by atoms with van der Waals surface area (Å²) in [5.74, 6) is -0.221. The number of rotatable bonds is 3. The lowest BCUT2D eigenvalue weighted by Crippen LogP contribution is -2.57. The maximum absolute atomic E-state index is 11.4. The number of nitrogens with zero attached hydrogens (tertiary/aromatic N) is 2. The second-order valence-corrected chi connectivity index (χ2v) is 5.84. The minimum Gasteiger partial charge on any atom is -0.497 e. The van der Waals surface area contributed by atoms with Gasteiger partial charge < -0.3 is 14.7 Å². The van der Waals surface area contributed by atoms with E-state index in [2.05, 4.69) is 30.7 Å². The highest BCUT2D eigenvalue weighted by Crippen LogP contribution is 2.30. The predicted octanol–water partition coefficient (Wildman–Crippen LogP) is 1.92. The topological polar surface area (TPSA) is 53.0 Å². The molecule has 2 rings (SSSR count). The van der Waals surface area contributed by atoms with Crippen molar-refractivity contribution in [1.29, 1.82) is 0 Å². The molecule has 1 saturated heterocycles. The molecule has 0 bridgehead atoms. The molecule has 1 aliphatic heterocycles. The number of benzene rings is 1. The molecule has 1 fully saturated rings. The molecule has 0 unspecified atom stereocenters. The fourth-order valence-corrected chi connectivity index (χ4v) is 2.53. The third-order valence-electron chi connectivity index (χ3n) is 4.09. The van der Waals surface area contributed by atoms with Crippen LogP contribution in [0.25, 0.3) is 0 Å². The van der Waals surface area contributed by atoms with E-state index in [4.69, 9.17) is 4.74 Å². The van der Waals surface area contributed by atoms with Gasteiger partial charge in [0.2, 0.25) is 0 Å². The summed E-state index contributed by atoms with van der Waals surface area (Å²) in [5, 5.41) is 9.36. The fourth-order valence-electron chi connectivity index (χ4n) is 2.53. The highest BCUT2D eigenvalue weighted by molar-refractivity contribution is 5.95. The minimum atomic E-state index is -0.903. The molecule has 0 atom stereocenters. The van der Waals surface area contributed by atoms with Gasteiger partial charge in [-0.25, -0.2) is 4.79 Å². The van der Waals surface area contributed by atoms with Gasteiger partial charge in [0.05, 0.1) is 18.4 Å². The van der Waals surface area contributed by atoms with Crippen LogP contribution >= 0.6 is 0 Å². The summed E-state index contributed by atoms with van der Waals surface area (Å²) in [6, 6.07) is 5.11. The van der Waals surface area contributed by atoms with Gasteiger partial charge in [-0.15, -0.1) is 0 Å². The molecular formula is C15H22N2O3. The van der Waals surface area contributed by atoms with Crippen LogP contribution in [-0.4, -0.2) is 55.3 Å². The SMILES string of the molecule is COc1ccc(C(=O)O)c(N2CCN(C)C(C)(C)C2)c1. The van der Waals surface area contributed by atoms with Gasteiger partial charge in [-0.3, -0.25) is 4.90 Å². The monoisotopic (exact) mass is 278 g/mol. The Bertz CT molecular complexity index is 514. The summed E-state index contributed by atoms with van der Waals surface area (Å²) < 4.78 is 5.22. The highest BCUT2D eigenvalue weighted by atomic mass is 16.5. The molecule has 1 aliphatic rings. The number of carboxylic acid groups (broad SMARTS) is 1. The van der Waals surface area contributed by atoms with Crippen LogP contribution in [0.15, 0.2) is 18.2 Å². The van der Waals surface area contributed by atoms with Gasteiger partial charge in [-0.1, -0.05) is 0 Å². The van der Waals surface area contributed by atoms with Crippen molar-refractivity contribution in [3.8, 4) is 5.75 Å². The van der Waals surface area contributed by atoms with Crippen molar-refractivity contribution in [2.24, 2.45) is 0 Å². The number of methoxy groups -OCH3 is 1. The third-order valence-corrected chi connectivity index (χ3v) is 4.09. The van der Waals surface area contributed by atoms with Crippen LogP contribution in [0.2, 0.25) is 0 Å². The Balaban J connectivity index is 2.38. The number of anilines is 1. The van der Waals surface area contributed by atoms with E-state index < -0.39 is 5.97 Å². The first kappa shape index (κ1) is 14.7. The first-order valence-electron chi connectivity index (χ1n) is 6.72. The summed E-state index contributed by atoms with van der Waals surface area (Å²) in [4.78, 5) is 15.8. The molecule has 1 aromatic carbocycles. The lowest BCUT2D eigenvalue weighted by atomic mass is 9.98. The molecule has 1 aromatic rings. The second kappa shape index (κ2) is 5.32. The van der Waals surface area contributed by atoms with Crippen LogP contribution in [-0.2, 0) is 0 Å². The standard InChI is InChI=1S/C15H22N2O3/c1-15(2)10-17(8-7-16(15)3)13-9-11(20-4)5-6-12(13)14(18)19/h5-6,9H,7-8,10H2,1-4H3,(H,18,19). The fraction of sp³-hybridized carbons (Fsp3) is 0.533. The number of hydrogen-bond donors (Lipinski definition) is 1. The lowest BCUT2D eigenvalue weighted by molar-refractivity contribution is 0.0696. The van der Waals surface area contributed by atoms with Crippen LogP contribution in [0, 0.1) is 0 Å². The van der Waals surface area contributed by atoms with E-state index >= 15 is 0 Å². The number of piperazine rings is 1. The number of likely N-dealkylation sites (N-methyl/N-ethyl adjacent to an activating group) is 1. The number of carbonyl (C=O) groups is 1. The molecule has 20 heavy (non-hydrogen) atoms. The zero-order valence-corrected chi connectivity index (χ0v) is 12.5. The van der Waals surface area contributed by atoms with E-state index in [0.717, 1.165) is 25.3 Å². The molecule has 110 valence electrons. The normalized spacial score (nSPS) is 18.9. The predicted molar refractivity (Wildman–Crippen MR) is 78.9 cm³/mol. The van der Waals surface area contributed by atoms with Crippen molar-refractivity contribution >= 4 is 11.7 Å². The molecule has 5 heteroatoms. The van der Waals surface area contributed by atoms with Crippen LogP contribution in [0.4, 0.5) is 5.69 Å². The molecule has 0 spiro atoms. The Labute approximate surface area is 119 Å². The summed E-state index contributed by atoms with van der Waals surface area (Å²) >= 11 is 0. The summed E-state index contributed by atoms with van der Waals surface area (Å²) in [6.45, 7) is 6.84. The average molecular weight is 278 g/mol. The molecule has 1 heterocycles. The summed E-state index contributed by atoms with van der Waals surface area (Å²) in [7, 11) is 3.69. The van der Waals surface area contributed by atoms with Gasteiger partial charge in [-0.05, 0) is 33.0 Å². The molecule has 0 aliphatic carbocycles. The molecule has 1 N–H and O–H groups in total. The maximum atomic E-state index is 11.4. The lowest BCUT2D eigenvalue weighted by Gasteiger charge is -2.46. The Kier molecular flexibility index (Phi) is 3.90. The third kappa shape index (κ3) is 2.72. The van der Waals surface area contributed by atoms with Crippen molar-refractivity contribution in [3.05, 3.63) is 23.8 Å². The molecular weight excluding hydrogens is 256 g/mol. The number of hydrogen-bond acceptors (Lipinski definition) is 4. The van der Waals surface area contributed by atoms with Crippen LogP contribution < -0.4 is 9.64 Å². The van der Waals surface area contributed by atoms with Gasteiger partial charge in [0, 0.05) is 31.2 Å². The first-order chi connectivity index (χ1) is 9.35. The van der Waals surface area contributed by atoms with E-state index in [0.29, 0.717) is 11.3 Å². The van der Waals surface area contributed by atoms with Crippen molar-refractivity contribution in [2.45, 2.75) is 19.4 Å². The molecule has 0 amide bonds. The van der Waals surface area contributed by atoms with E-state index in [1.54, 1.807) is 19.2 Å². The Hall–Kier alpha value is -1.75. The zero-order valence-electron chi connectivity index (χ0n) is 12.5. The van der Waals surface area contributed by atoms with Crippen molar-refractivity contribution < 1.29 is 14.6 Å². The number of ether oxygens (including phenoxy) is 1. The summed E-state index contributed by atoms with van der Waals surface area (Å²) in [5.41, 5.74) is 1.07. The smallest absolute Gasteiger partial charge is 0.337 e. The van der Waals surface area contributed by atoms with E-state index in [1.165, 1.54) is 0 Å². The summed E-state index contributed by atoms with van der Waals surface area (Å²) in [6.07, 6.45) is 0. The molecule has 0 aromatic heterocycles. The van der Waals surface area contributed by atoms with E-state index in [-0.39, 0.29) is 5.54 Å². The van der Waals surface area contributed by atoms with Crippen LogP contribution in [0.1, 0.15) is 24.2 Å². The number of carboxylic acids is 1. The van der Waals surface area contributed by atoms with Gasteiger partial charge in [0.15, 0.2) is 0 Å². The van der Waals surface area contributed by atoms with Crippen LogP contribution in [0.3, 0.4) is 0 Å². The molecule has 5 nitrogen and oxygen atoms in total. The van der Waals surface area contributed by atoms with Crippen LogP contribution in [0.5, 0.6) is 5.75 Å². The Morgan fingerprint density at radius 2 is 2.05 bits per heavy atom. The zero-order chi connectivity index (χ0) is 14.9. The average Bonchev–Trinajstić information content (AvgIpc) is 2.41. The Morgan fingerprint density at radius 1 is 1.35 bits per heavy atom. The van der Waals surface area contributed by atoms with Gasteiger partial charge in [-0.2, -0.15) is 0 Å². The van der Waals surface area contributed by atoms with Gasteiger partial charge >= 0.3 is 5.97 Å². The second-order valence-electron chi connectivity index (χ2n) is 5.84. The van der Waals surface area contributed by atoms with Gasteiger partial charge in [0.25, 0.3) is 0 Å². The van der Waals surface area contributed by atoms with E-state index in [1.807, 2.05) is 6.07 Å². The Morgan fingerprint density at radius 3 is 2.60 bits per heavy atom.